The van der Waals surface area contributed by atoms with Gasteiger partial charge in [-0.25, -0.2) is 0 Å². The monoisotopic (exact) mass is 327 g/mol. The summed E-state index contributed by atoms with van der Waals surface area (Å²) in [5, 5.41) is 2.21. The highest BCUT2D eigenvalue weighted by atomic mass is 16.2. The number of hydrogen-bond acceptors (Lipinski definition) is 5. The fourth-order valence-corrected chi connectivity index (χ4v) is 3.45. The molecule has 7 heteroatoms. The second-order valence-electron chi connectivity index (χ2n) is 6.49. The van der Waals surface area contributed by atoms with Gasteiger partial charge in [0.05, 0.1) is 16.8 Å². The van der Waals surface area contributed by atoms with E-state index < -0.39 is 23.8 Å². The van der Waals surface area contributed by atoms with Crippen molar-refractivity contribution in [1.82, 2.24) is 10.2 Å². The van der Waals surface area contributed by atoms with E-state index in [-0.39, 0.29) is 18.7 Å². The van der Waals surface area contributed by atoms with Crippen LogP contribution in [0.4, 0.5) is 5.69 Å². The summed E-state index contributed by atoms with van der Waals surface area (Å²) < 4.78 is 0. The molecule has 4 rings (SSSR count). The van der Waals surface area contributed by atoms with E-state index in [1.165, 1.54) is 0 Å². The molecule has 2 heterocycles. The third kappa shape index (κ3) is 2.11. The molecule has 1 aromatic rings. The summed E-state index contributed by atoms with van der Waals surface area (Å²) in [6.07, 6.45) is 2.43. The van der Waals surface area contributed by atoms with Gasteiger partial charge < -0.3 is 4.90 Å². The van der Waals surface area contributed by atoms with Crippen LogP contribution in [-0.4, -0.2) is 47.7 Å². The second-order valence-corrected chi connectivity index (χ2v) is 6.49. The first-order valence-electron chi connectivity index (χ1n) is 8.06. The van der Waals surface area contributed by atoms with Gasteiger partial charge in [0.15, 0.2) is 0 Å². The van der Waals surface area contributed by atoms with Crippen LogP contribution >= 0.6 is 0 Å². The first-order chi connectivity index (χ1) is 11.5. The molecule has 1 N–H and O–H groups in total. The van der Waals surface area contributed by atoms with Crippen molar-refractivity contribution in [1.29, 1.82) is 0 Å². The third-order valence-corrected chi connectivity index (χ3v) is 4.92. The molecule has 3 aliphatic rings. The number of anilines is 1. The lowest BCUT2D eigenvalue weighted by Gasteiger charge is -2.28. The Hall–Kier alpha value is -2.70. The molecular formula is C17H17N3O4. The highest BCUT2D eigenvalue weighted by Crippen LogP contribution is 2.37. The van der Waals surface area contributed by atoms with E-state index in [4.69, 9.17) is 0 Å². The predicted molar refractivity (Wildman–Crippen MR) is 84.5 cm³/mol. The van der Waals surface area contributed by atoms with Crippen LogP contribution in [-0.2, 0) is 9.59 Å². The maximum Gasteiger partial charge on any atom is 0.264 e. The number of carbonyl (C=O) groups is 4. The molecule has 0 radical (unpaired) electrons. The normalized spacial score (nSPS) is 23.4. The fraction of sp³-hybridized carbons (Fsp3) is 0.412. The van der Waals surface area contributed by atoms with Gasteiger partial charge in [0.1, 0.15) is 6.04 Å². The number of fused-ring (bicyclic) bond motifs is 1. The largest absolute Gasteiger partial charge is 0.371 e. The lowest BCUT2D eigenvalue weighted by atomic mass is 10.0. The lowest BCUT2D eigenvalue weighted by Crippen LogP contribution is -2.54. The Morgan fingerprint density at radius 3 is 2.50 bits per heavy atom. The number of imide groups is 2. The molecule has 2 aliphatic heterocycles. The van der Waals surface area contributed by atoms with Crippen molar-refractivity contribution in [3.8, 4) is 0 Å². The van der Waals surface area contributed by atoms with Crippen molar-refractivity contribution in [2.75, 3.05) is 11.9 Å². The minimum absolute atomic E-state index is 0.124. The first-order valence-corrected chi connectivity index (χ1v) is 8.06. The van der Waals surface area contributed by atoms with Gasteiger partial charge in [0.25, 0.3) is 11.8 Å². The third-order valence-electron chi connectivity index (χ3n) is 4.92. The zero-order valence-electron chi connectivity index (χ0n) is 13.2. The van der Waals surface area contributed by atoms with Gasteiger partial charge in [0.2, 0.25) is 11.8 Å². The summed E-state index contributed by atoms with van der Waals surface area (Å²) in [6, 6.07) is 4.67. The van der Waals surface area contributed by atoms with Gasteiger partial charge in [-0.1, -0.05) is 6.07 Å². The van der Waals surface area contributed by atoms with E-state index in [9.17, 15) is 19.2 Å². The molecule has 24 heavy (non-hydrogen) atoms. The fourth-order valence-electron chi connectivity index (χ4n) is 3.45. The number of nitrogens with one attached hydrogen (secondary N) is 1. The van der Waals surface area contributed by atoms with Gasteiger partial charge in [-0.15, -0.1) is 0 Å². The van der Waals surface area contributed by atoms with Crippen LogP contribution in [0.1, 0.15) is 46.4 Å². The zero-order valence-corrected chi connectivity index (χ0v) is 13.2. The minimum Gasteiger partial charge on any atom is -0.371 e. The molecule has 1 saturated carbocycles. The Morgan fingerprint density at radius 1 is 1.08 bits per heavy atom. The standard InChI is InChI=1S/C17H17N3O4/c1-19(9-5-6-9)11-4-2-3-10-14(11)17(24)20(16(10)23)12-7-8-13(21)18-15(12)22/h2-4,9,12H,5-8H2,1H3,(H,18,21,22). The highest BCUT2D eigenvalue weighted by molar-refractivity contribution is 6.25. The van der Waals surface area contributed by atoms with E-state index in [2.05, 4.69) is 5.32 Å². The summed E-state index contributed by atoms with van der Waals surface area (Å²) >= 11 is 0. The molecule has 1 aromatic carbocycles. The number of nitrogens with zero attached hydrogens (tertiary/aromatic N) is 2. The van der Waals surface area contributed by atoms with Crippen molar-refractivity contribution in [2.24, 2.45) is 0 Å². The average molecular weight is 327 g/mol. The number of rotatable bonds is 3. The van der Waals surface area contributed by atoms with Crippen molar-refractivity contribution in [3.63, 3.8) is 0 Å². The summed E-state index contributed by atoms with van der Waals surface area (Å²) in [5.74, 6) is -1.87. The quantitative estimate of drug-likeness (QED) is 0.825. The molecule has 0 bridgehead atoms. The van der Waals surface area contributed by atoms with Gasteiger partial charge in [-0.2, -0.15) is 0 Å². The number of hydrogen-bond donors (Lipinski definition) is 1. The molecule has 7 nitrogen and oxygen atoms in total. The molecule has 2 fully saturated rings. The minimum atomic E-state index is -0.922. The Kier molecular flexibility index (Phi) is 3.19. The maximum absolute atomic E-state index is 12.9. The van der Waals surface area contributed by atoms with Gasteiger partial charge in [-0.3, -0.25) is 29.4 Å². The molecule has 1 atom stereocenters. The SMILES string of the molecule is CN(c1cccc2c1C(=O)N(C1CCC(=O)NC1=O)C2=O)C1CC1. The predicted octanol–water partition coefficient (Wildman–Crippen LogP) is 0.686. The van der Waals surface area contributed by atoms with Gasteiger partial charge in [-0.05, 0) is 31.4 Å². The number of benzene rings is 1. The van der Waals surface area contributed by atoms with Gasteiger partial charge in [0, 0.05) is 19.5 Å². The van der Waals surface area contributed by atoms with Crippen molar-refractivity contribution in [2.45, 2.75) is 37.8 Å². The van der Waals surface area contributed by atoms with Crippen LogP contribution in [0.5, 0.6) is 0 Å². The van der Waals surface area contributed by atoms with Crippen LogP contribution in [0.2, 0.25) is 0 Å². The number of amides is 4. The summed E-state index contributed by atoms with van der Waals surface area (Å²) in [5.41, 5.74) is 1.42. The maximum atomic E-state index is 12.9. The number of carbonyl (C=O) groups excluding carboxylic acids is 4. The van der Waals surface area contributed by atoms with Gasteiger partial charge >= 0.3 is 0 Å². The van der Waals surface area contributed by atoms with Crippen LogP contribution in [0.25, 0.3) is 0 Å². The van der Waals surface area contributed by atoms with E-state index >= 15 is 0 Å². The molecule has 0 aromatic heterocycles. The lowest BCUT2D eigenvalue weighted by molar-refractivity contribution is -0.136. The zero-order chi connectivity index (χ0) is 17.0. The Bertz CT molecular complexity index is 784. The first kappa shape index (κ1) is 14.9. The van der Waals surface area contributed by atoms with Crippen molar-refractivity contribution in [3.05, 3.63) is 29.3 Å². The summed E-state index contributed by atoms with van der Waals surface area (Å²) in [4.78, 5) is 52.1. The molecule has 4 amide bonds. The van der Waals surface area contributed by atoms with Crippen LogP contribution in [0, 0.1) is 0 Å². The molecule has 1 unspecified atom stereocenters. The van der Waals surface area contributed by atoms with E-state index in [0.29, 0.717) is 17.2 Å². The van der Waals surface area contributed by atoms with Crippen LogP contribution in [0.15, 0.2) is 18.2 Å². The van der Waals surface area contributed by atoms with E-state index in [0.717, 1.165) is 23.4 Å². The molecule has 1 saturated heterocycles. The number of piperidine rings is 1. The molecule has 124 valence electrons. The van der Waals surface area contributed by atoms with E-state index in [1.54, 1.807) is 12.1 Å². The average Bonchev–Trinajstić information content (AvgIpc) is 3.36. The Labute approximate surface area is 138 Å². The van der Waals surface area contributed by atoms with Crippen molar-refractivity contribution < 1.29 is 19.2 Å². The van der Waals surface area contributed by atoms with Crippen molar-refractivity contribution >= 4 is 29.3 Å². The topological polar surface area (TPSA) is 86.8 Å². The summed E-state index contributed by atoms with van der Waals surface area (Å²) in [6.45, 7) is 0. The molecule has 1 aliphatic carbocycles. The Morgan fingerprint density at radius 2 is 1.83 bits per heavy atom. The highest BCUT2D eigenvalue weighted by Gasteiger charge is 2.46. The molecular weight excluding hydrogens is 310 g/mol. The van der Waals surface area contributed by atoms with Crippen LogP contribution < -0.4 is 10.2 Å². The summed E-state index contributed by atoms with van der Waals surface area (Å²) in [7, 11) is 1.92. The second kappa shape index (κ2) is 5.15. The Balaban J connectivity index is 1.72. The molecule has 0 spiro atoms. The van der Waals surface area contributed by atoms with Crippen LogP contribution in [0.3, 0.4) is 0 Å². The van der Waals surface area contributed by atoms with E-state index in [1.807, 2.05) is 18.0 Å². The smallest absolute Gasteiger partial charge is 0.264 e.